The second-order valence-corrected chi connectivity index (χ2v) is 11.0. The Hall–Kier alpha value is -4.82. The van der Waals surface area contributed by atoms with E-state index < -0.39 is 53.6 Å². The minimum atomic E-state index is -1.47. The molecule has 0 spiro atoms. The maximum Gasteiger partial charge on any atom is 0.315 e. The summed E-state index contributed by atoms with van der Waals surface area (Å²) in [6.07, 6.45) is -0.911. The van der Waals surface area contributed by atoms with E-state index >= 15 is 0 Å². The monoisotopic (exact) mass is 660 g/mol. The SMILES string of the molecule is CCOc1ccc(C(=O)C(C)(C)O)cc1.COC(=O)CC(=O)NCCNC(=O)CC(=O)OCCOc1ccc(C(=O)C(C)(C)O)cc1. The number of aliphatic hydroxyl groups is 2. The predicted octanol–water partition coefficient (Wildman–Crippen LogP) is 1.79. The molecule has 0 aliphatic heterocycles. The summed E-state index contributed by atoms with van der Waals surface area (Å²) in [5, 5.41) is 24.1. The fraction of sp³-hybridized carbons (Fsp3) is 0.455. The Morgan fingerprint density at radius 1 is 0.638 bits per heavy atom. The quantitative estimate of drug-likeness (QED) is 0.0830. The molecule has 14 nitrogen and oxygen atoms in total. The van der Waals surface area contributed by atoms with Crippen LogP contribution in [0.5, 0.6) is 11.5 Å². The third-order valence-corrected chi connectivity index (χ3v) is 5.88. The number of ketones is 2. The van der Waals surface area contributed by atoms with Crippen LogP contribution in [0.3, 0.4) is 0 Å². The molecule has 258 valence electrons. The first-order chi connectivity index (χ1) is 22.0. The highest BCUT2D eigenvalue weighted by Gasteiger charge is 2.25. The summed E-state index contributed by atoms with van der Waals surface area (Å²) in [6.45, 7) is 8.38. The molecule has 0 bridgehead atoms. The molecule has 0 atom stereocenters. The van der Waals surface area contributed by atoms with Gasteiger partial charge in [0.2, 0.25) is 11.8 Å². The zero-order chi connectivity index (χ0) is 35.6. The van der Waals surface area contributed by atoms with Crippen molar-refractivity contribution >= 4 is 35.3 Å². The number of Topliss-reactive ketones (excluding diaryl/α,β-unsaturated/α-hetero) is 2. The Kier molecular flexibility index (Phi) is 16.8. The Morgan fingerprint density at radius 2 is 1.04 bits per heavy atom. The van der Waals surface area contributed by atoms with Crippen LogP contribution in [-0.4, -0.2) is 96.8 Å². The maximum atomic E-state index is 11.9. The summed E-state index contributed by atoms with van der Waals surface area (Å²) in [7, 11) is 1.17. The van der Waals surface area contributed by atoms with Crippen molar-refractivity contribution in [1.29, 1.82) is 0 Å². The number of nitrogens with one attached hydrogen (secondary N) is 2. The molecule has 0 saturated carbocycles. The van der Waals surface area contributed by atoms with E-state index in [-0.39, 0.29) is 32.1 Å². The lowest BCUT2D eigenvalue weighted by Crippen LogP contribution is -2.36. The summed E-state index contributed by atoms with van der Waals surface area (Å²) in [5.74, 6) is -2.06. The molecule has 2 aromatic carbocycles. The van der Waals surface area contributed by atoms with Gasteiger partial charge in [0.05, 0.1) is 13.7 Å². The average molecular weight is 661 g/mol. The van der Waals surface area contributed by atoms with Crippen LogP contribution in [0.1, 0.15) is 68.2 Å². The van der Waals surface area contributed by atoms with Gasteiger partial charge in [0.1, 0.15) is 48.8 Å². The van der Waals surface area contributed by atoms with Crippen LogP contribution < -0.4 is 20.1 Å². The standard InChI is InChI=1S/C21H28N2O9.C12H16O3/c1-21(2,29)20(28)14-4-6-15(7-5-14)31-10-11-32-19(27)13-17(25)23-9-8-22-16(24)12-18(26)30-3;1-4-15-10-7-5-9(6-8-10)11(13)12(2,3)14/h4-7,29H,8-13H2,1-3H3,(H,22,24)(H,23,25);5-8,14H,4H2,1-3H3. The molecule has 0 aromatic heterocycles. The highest BCUT2D eigenvalue weighted by Crippen LogP contribution is 2.18. The molecule has 4 N–H and O–H groups in total. The van der Waals surface area contributed by atoms with E-state index in [4.69, 9.17) is 14.2 Å². The summed E-state index contributed by atoms with van der Waals surface area (Å²) in [5.41, 5.74) is -1.97. The largest absolute Gasteiger partial charge is 0.494 e. The number of rotatable bonds is 17. The molecular formula is C33H44N2O12. The van der Waals surface area contributed by atoms with E-state index in [1.165, 1.54) is 46.9 Å². The lowest BCUT2D eigenvalue weighted by Gasteiger charge is -2.15. The van der Waals surface area contributed by atoms with Gasteiger partial charge < -0.3 is 39.8 Å². The molecule has 0 saturated heterocycles. The van der Waals surface area contributed by atoms with Crippen molar-refractivity contribution in [3.63, 3.8) is 0 Å². The van der Waals surface area contributed by atoms with E-state index in [1.54, 1.807) is 36.4 Å². The fourth-order valence-corrected chi connectivity index (χ4v) is 3.51. The van der Waals surface area contributed by atoms with E-state index in [9.17, 15) is 39.0 Å². The van der Waals surface area contributed by atoms with Gasteiger partial charge in [-0.05, 0) is 83.1 Å². The predicted molar refractivity (Wildman–Crippen MR) is 169 cm³/mol. The summed E-state index contributed by atoms with van der Waals surface area (Å²) in [4.78, 5) is 69.1. The molecular weight excluding hydrogens is 616 g/mol. The normalized spacial score (nSPS) is 10.8. The number of carbonyl (C=O) groups excluding carboxylic acids is 6. The lowest BCUT2D eigenvalue weighted by atomic mass is 9.97. The van der Waals surface area contributed by atoms with E-state index in [2.05, 4.69) is 15.4 Å². The van der Waals surface area contributed by atoms with Crippen molar-refractivity contribution in [3.8, 4) is 11.5 Å². The van der Waals surface area contributed by atoms with E-state index in [0.29, 0.717) is 23.5 Å². The smallest absolute Gasteiger partial charge is 0.315 e. The van der Waals surface area contributed by atoms with Gasteiger partial charge in [-0.25, -0.2) is 0 Å². The molecule has 0 aliphatic carbocycles. The second kappa shape index (κ2) is 19.6. The van der Waals surface area contributed by atoms with Gasteiger partial charge in [-0.1, -0.05) is 0 Å². The lowest BCUT2D eigenvalue weighted by molar-refractivity contribution is -0.147. The molecule has 2 amide bonds. The third-order valence-electron chi connectivity index (χ3n) is 5.88. The van der Waals surface area contributed by atoms with Crippen LogP contribution in [-0.2, 0) is 28.7 Å². The zero-order valence-corrected chi connectivity index (χ0v) is 27.5. The first-order valence-electron chi connectivity index (χ1n) is 14.7. The van der Waals surface area contributed by atoms with Gasteiger partial charge in [0, 0.05) is 24.2 Å². The van der Waals surface area contributed by atoms with Crippen LogP contribution in [0.15, 0.2) is 48.5 Å². The molecule has 2 aromatic rings. The highest BCUT2D eigenvalue weighted by molar-refractivity contribution is 6.02. The number of esters is 2. The summed E-state index contributed by atoms with van der Waals surface area (Å²) < 4.78 is 19.9. The molecule has 0 unspecified atom stereocenters. The third kappa shape index (κ3) is 16.3. The number of hydrogen-bond acceptors (Lipinski definition) is 12. The molecule has 0 radical (unpaired) electrons. The van der Waals surface area contributed by atoms with Crippen molar-refractivity contribution in [2.24, 2.45) is 0 Å². The number of ether oxygens (including phenoxy) is 4. The molecule has 47 heavy (non-hydrogen) atoms. The molecule has 0 aliphatic rings. The number of benzene rings is 2. The average Bonchev–Trinajstić information content (AvgIpc) is 3.01. The first-order valence-corrected chi connectivity index (χ1v) is 14.7. The highest BCUT2D eigenvalue weighted by atomic mass is 16.6. The Morgan fingerprint density at radius 3 is 1.43 bits per heavy atom. The van der Waals surface area contributed by atoms with Crippen LogP contribution in [0.4, 0.5) is 0 Å². The topological polar surface area (TPSA) is 204 Å². The van der Waals surface area contributed by atoms with Gasteiger partial charge in [-0.3, -0.25) is 28.8 Å². The van der Waals surface area contributed by atoms with Crippen molar-refractivity contribution < 1.29 is 57.9 Å². The van der Waals surface area contributed by atoms with E-state index in [1.807, 2.05) is 6.92 Å². The second-order valence-electron chi connectivity index (χ2n) is 11.0. The van der Waals surface area contributed by atoms with Crippen LogP contribution >= 0.6 is 0 Å². The minimum absolute atomic E-state index is 0.0401. The van der Waals surface area contributed by atoms with Crippen LogP contribution in [0, 0.1) is 0 Å². The number of hydrogen-bond donors (Lipinski definition) is 4. The molecule has 2 rings (SSSR count). The summed E-state index contributed by atoms with van der Waals surface area (Å²) in [6, 6.07) is 12.9. The van der Waals surface area contributed by atoms with Crippen molar-refractivity contribution in [2.45, 2.75) is 58.7 Å². The van der Waals surface area contributed by atoms with Gasteiger partial charge in [0.15, 0.2) is 11.6 Å². The molecule has 0 heterocycles. The first kappa shape index (κ1) is 40.2. The number of carbonyl (C=O) groups is 6. The van der Waals surface area contributed by atoms with Gasteiger partial charge >= 0.3 is 11.9 Å². The molecule has 14 heteroatoms. The Balaban J connectivity index is 0.000000611. The van der Waals surface area contributed by atoms with Crippen LogP contribution in [0.25, 0.3) is 0 Å². The van der Waals surface area contributed by atoms with Gasteiger partial charge in [-0.2, -0.15) is 0 Å². The van der Waals surface area contributed by atoms with Gasteiger partial charge in [0.25, 0.3) is 0 Å². The van der Waals surface area contributed by atoms with Crippen LogP contribution in [0.2, 0.25) is 0 Å². The van der Waals surface area contributed by atoms with Gasteiger partial charge in [-0.15, -0.1) is 0 Å². The molecule has 0 fully saturated rings. The fourth-order valence-electron chi connectivity index (χ4n) is 3.51. The van der Waals surface area contributed by atoms with Crippen molar-refractivity contribution in [1.82, 2.24) is 10.6 Å². The summed E-state index contributed by atoms with van der Waals surface area (Å²) >= 11 is 0. The van der Waals surface area contributed by atoms with Crippen molar-refractivity contribution in [2.75, 3.05) is 40.0 Å². The Labute approximate surface area is 273 Å². The zero-order valence-electron chi connectivity index (χ0n) is 27.5. The Bertz CT molecular complexity index is 1340. The number of amides is 2. The number of methoxy groups -OCH3 is 1. The van der Waals surface area contributed by atoms with E-state index in [0.717, 1.165) is 5.75 Å². The maximum absolute atomic E-state index is 11.9. The van der Waals surface area contributed by atoms with Crippen molar-refractivity contribution in [3.05, 3.63) is 59.7 Å². The minimum Gasteiger partial charge on any atom is -0.494 e.